The van der Waals surface area contributed by atoms with E-state index in [-0.39, 0.29) is 29.6 Å². The third kappa shape index (κ3) is 4.10. The van der Waals surface area contributed by atoms with Gasteiger partial charge in [-0.3, -0.25) is 9.59 Å². The van der Waals surface area contributed by atoms with Crippen LogP contribution in [-0.2, 0) is 14.3 Å². The van der Waals surface area contributed by atoms with Gasteiger partial charge in [-0.05, 0) is 47.1 Å². The largest absolute Gasteiger partial charge is 0.448 e. The third-order valence-electron chi connectivity index (χ3n) is 4.36. The number of hydrogen-bond donors (Lipinski definition) is 1. The smallest absolute Gasteiger partial charge is 0.355 e. The van der Waals surface area contributed by atoms with Gasteiger partial charge in [-0.2, -0.15) is 0 Å². The number of hydrogen-bond acceptors (Lipinski definition) is 5. The summed E-state index contributed by atoms with van der Waals surface area (Å²) in [6.45, 7) is 11.2. The number of aromatic amines is 1. The lowest BCUT2D eigenvalue weighted by Gasteiger charge is -2.36. The number of amides is 1. The molecule has 2 heterocycles. The highest BCUT2D eigenvalue weighted by molar-refractivity contribution is 6.01. The van der Waals surface area contributed by atoms with Crippen LogP contribution in [0.25, 0.3) is 0 Å². The van der Waals surface area contributed by atoms with Crippen LogP contribution in [0.4, 0.5) is 0 Å². The zero-order valence-electron chi connectivity index (χ0n) is 15.6. The number of esters is 1. The lowest BCUT2D eigenvalue weighted by atomic mass is 10.1. The summed E-state index contributed by atoms with van der Waals surface area (Å²) in [7, 11) is 0. The molecule has 25 heavy (non-hydrogen) atoms. The van der Waals surface area contributed by atoms with Crippen LogP contribution in [0.1, 0.15) is 59.8 Å². The summed E-state index contributed by atoms with van der Waals surface area (Å²) in [5.74, 6) is -1.00. The molecule has 1 aliphatic rings. The highest BCUT2D eigenvalue weighted by Crippen LogP contribution is 2.20. The number of rotatable bonds is 4. The van der Waals surface area contributed by atoms with Crippen LogP contribution in [-0.4, -0.2) is 58.9 Å². The number of ketones is 1. The Balaban J connectivity index is 2.09. The molecule has 1 saturated heterocycles. The summed E-state index contributed by atoms with van der Waals surface area (Å²) in [6, 6.07) is 0. The van der Waals surface area contributed by atoms with Crippen molar-refractivity contribution in [3.8, 4) is 0 Å². The van der Waals surface area contributed by atoms with E-state index >= 15 is 0 Å². The molecule has 0 radical (unpaired) electrons. The van der Waals surface area contributed by atoms with Gasteiger partial charge in [-0.1, -0.05) is 0 Å². The Labute approximate surface area is 147 Å². The van der Waals surface area contributed by atoms with Gasteiger partial charge in [0, 0.05) is 24.3 Å². The molecule has 1 aliphatic heterocycles. The van der Waals surface area contributed by atoms with E-state index in [0.29, 0.717) is 29.9 Å². The molecule has 7 nitrogen and oxygen atoms in total. The summed E-state index contributed by atoms with van der Waals surface area (Å²) in [5, 5.41) is 0. The Bertz CT molecular complexity index is 684. The number of aromatic nitrogens is 1. The van der Waals surface area contributed by atoms with Gasteiger partial charge < -0.3 is 19.4 Å². The molecule has 138 valence electrons. The maximum absolute atomic E-state index is 12.6. The number of morpholine rings is 1. The first-order valence-corrected chi connectivity index (χ1v) is 8.47. The van der Waals surface area contributed by atoms with Crippen molar-refractivity contribution < 1.29 is 23.9 Å². The van der Waals surface area contributed by atoms with Gasteiger partial charge in [0.05, 0.1) is 12.2 Å². The van der Waals surface area contributed by atoms with E-state index in [9.17, 15) is 14.4 Å². The third-order valence-corrected chi connectivity index (χ3v) is 4.36. The molecule has 1 N–H and O–H groups in total. The second-order valence-corrected chi connectivity index (χ2v) is 6.73. The van der Waals surface area contributed by atoms with Gasteiger partial charge in [0.1, 0.15) is 5.69 Å². The molecule has 3 atom stereocenters. The zero-order chi connectivity index (χ0) is 18.9. The molecule has 1 amide bonds. The predicted molar refractivity (Wildman–Crippen MR) is 91.7 cm³/mol. The Morgan fingerprint density at radius 3 is 2.24 bits per heavy atom. The Morgan fingerprint density at radius 2 is 1.76 bits per heavy atom. The monoisotopic (exact) mass is 350 g/mol. The van der Waals surface area contributed by atoms with Crippen LogP contribution < -0.4 is 0 Å². The summed E-state index contributed by atoms with van der Waals surface area (Å²) in [6.07, 6.45) is -1.02. The van der Waals surface area contributed by atoms with Crippen molar-refractivity contribution in [1.29, 1.82) is 0 Å². The molecule has 0 unspecified atom stereocenters. The second-order valence-electron chi connectivity index (χ2n) is 6.73. The molecule has 1 fully saturated rings. The predicted octanol–water partition coefficient (Wildman–Crippen LogP) is 2.02. The fourth-order valence-electron chi connectivity index (χ4n) is 3.37. The van der Waals surface area contributed by atoms with E-state index in [2.05, 4.69) is 4.98 Å². The molecule has 7 heteroatoms. The highest BCUT2D eigenvalue weighted by atomic mass is 16.5. The van der Waals surface area contributed by atoms with Crippen molar-refractivity contribution in [2.45, 2.75) is 59.9 Å². The van der Waals surface area contributed by atoms with Gasteiger partial charge >= 0.3 is 5.97 Å². The average Bonchev–Trinajstić information content (AvgIpc) is 2.80. The first-order chi connectivity index (χ1) is 11.6. The second kappa shape index (κ2) is 7.39. The van der Waals surface area contributed by atoms with E-state index in [1.807, 2.05) is 13.8 Å². The maximum Gasteiger partial charge on any atom is 0.355 e. The number of nitrogens with one attached hydrogen (secondary N) is 1. The molecule has 1 aromatic heterocycles. The van der Waals surface area contributed by atoms with Crippen LogP contribution in [0.2, 0.25) is 0 Å². The molecule has 0 saturated carbocycles. The Kier molecular flexibility index (Phi) is 5.67. The zero-order valence-corrected chi connectivity index (χ0v) is 15.6. The molecule has 1 aromatic rings. The fourth-order valence-corrected chi connectivity index (χ4v) is 3.37. The molecular weight excluding hydrogens is 324 g/mol. The molecule has 2 rings (SSSR count). The lowest BCUT2D eigenvalue weighted by molar-refractivity contribution is -0.151. The van der Waals surface area contributed by atoms with Crippen molar-refractivity contribution in [3.05, 3.63) is 22.5 Å². The van der Waals surface area contributed by atoms with E-state index in [1.54, 1.807) is 25.7 Å². The van der Waals surface area contributed by atoms with Crippen molar-refractivity contribution in [2.75, 3.05) is 13.1 Å². The van der Waals surface area contributed by atoms with Crippen molar-refractivity contribution in [2.24, 2.45) is 0 Å². The minimum Gasteiger partial charge on any atom is -0.448 e. The molecule has 0 aromatic carbocycles. The van der Waals surface area contributed by atoms with Crippen LogP contribution in [0.5, 0.6) is 0 Å². The first kappa shape index (κ1) is 19.2. The lowest BCUT2D eigenvalue weighted by Crippen LogP contribution is -2.51. The van der Waals surface area contributed by atoms with Crippen molar-refractivity contribution >= 4 is 17.7 Å². The molecule has 0 bridgehead atoms. The van der Waals surface area contributed by atoms with E-state index in [0.717, 1.165) is 0 Å². The highest BCUT2D eigenvalue weighted by Gasteiger charge is 2.31. The Hall–Kier alpha value is -2.15. The van der Waals surface area contributed by atoms with Gasteiger partial charge in [0.2, 0.25) is 0 Å². The topological polar surface area (TPSA) is 88.7 Å². The minimum atomic E-state index is -0.909. The van der Waals surface area contributed by atoms with Crippen LogP contribution in [0.15, 0.2) is 0 Å². The number of carbonyl (C=O) groups excluding carboxylic acids is 3. The summed E-state index contributed by atoms with van der Waals surface area (Å²) in [4.78, 5) is 41.2. The molecular formula is C18H26N2O5. The van der Waals surface area contributed by atoms with Crippen LogP contribution >= 0.6 is 0 Å². The number of nitrogens with zero attached hydrogens (tertiary/aromatic N) is 1. The molecule has 0 aliphatic carbocycles. The van der Waals surface area contributed by atoms with Crippen LogP contribution in [0.3, 0.4) is 0 Å². The summed E-state index contributed by atoms with van der Waals surface area (Å²) in [5.41, 5.74) is 1.86. The number of ether oxygens (including phenoxy) is 2. The normalized spacial score (nSPS) is 21.8. The van der Waals surface area contributed by atoms with Crippen molar-refractivity contribution in [3.63, 3.8) is 0 Å². The van der Waals surface area contributed by atoms with Gasteiger partial charge in [-0.25, -0.2) is 4.79 Å². The fraction of sp³-hybridized carbons (Fsp3) is 0.611. The van der Waals surface area contributed by atoms with Crippen molar-refractivity contribution in [1.82, 2.24) is 9.88 Å². The van der Waals surface area contributed by atoms with E-state index in [1.165, 1.54) is 6.92 Å². The van der Waals surface area contributed by atoms with Gasteiger partial charge in [0.25, 0.3) is 5.91 Å². The number of aryl methyl sites for hydroxylation is 1. The standard InChI is InChI=1S/C18H26N2O5/c1-9-7-20(8-10(2)24-9)17(22)14(6)25-18(23)16-11(3)15(13(5)21)12(4)19-16/h9-10,14,19H,7-8H2,1-6H3/t9-,10-,14+/m0/s1. The number of carbonyl (C=O) groups is 3. The quantitative estimate of drug-likeness (QED) is 0.663. The van der Waals surface area contributed by atoms with Gasteiger partial charge in [0.15, 0.2) is 11.9 Å². The summed E-state index contributed by atoms with van der Waals surface area (Å²) < 4.78 is 10.9. The SMILES string of the molecule is CC(=O)c1c(C)[nH]c(C(=O)O[C@H](C)C(=O)N2C[C@H](C)O[C@@H](C)C2)c1C. The van der Waals surface area contributed by atoms with E-state index < -0.39 is 12.1 Å². The minimum absolute atomic E-state index is 0.0537. The number of Topliss-reactive ketones (excluding diaryl/α,β-unsaturated/α-hetero) is 1. The maximum atomic E-state index is 12.6. The first-order valence-electron chi connectivity index (χ1n) is 8.47. The van der Waals surface area contributed by atoms with E-state index in [4.69, 9.17) is 9.47 Å². The summed E-state index contributed by atoms with van der Waals surface area (Å²) >= 11 is 0. The van der Waals surface area contributed by atoms with Crippen LogP contribution in [0, 0.1) is 13.8 Å². The number of H-pyrrole nitrogens is 1. The molecule has 0 spiro atoms. The Morgan fingerprint density at radius 1 is 1.20 bits per heavy atom. The average molecular weight is 350 g/mol. The van der Waals surface area contributed by atoms with Gasteiger partial charge in [-0.15, -0.1) is 0 Å².